The number of thiol groups is 1. The topological polar surface area (TPSA) is 3.24 Å². The van der Waals surface area contributed by atoms with Crippen LogP contribution in [0.1, 0.15) is 31.7 Å². The fourth-order valence-electron chi connectivity index (χ4n) is 1.83. The minimum Gasteiger partial charge on any atom is -0.303 e. The van der Waals surface area contributed by atoms with Gasteiger partial charge in [-0.05, 0) is 31.7 Å². The smallest absolute Gasteiger partial charge is 0.00615 e. The van der Waals surface area contributed by atoms with Crippen molar-refractivity contribution in [1.29, 1.82) is 0 Å². The van der Waals surface area contributed by atoms with E-state index in [4.69, 9.17) is 0 Å². The van der Waals surface area contributed by atoms with Crippen LogP contribution >= 0.6 is 12.6 Å². The molecule has 0 N–H and O–H groups in total. The number of nitrogens with zero attached hydrogens (tertiary/aromatic N) is 1. The van der Waals surface area contributed by atoms with Crippen LogP contribution in [0.4, 0.5) is 0 Å². The predicted octanol–water partition coefficient (Wildman–Crippen LogP) is 3.43. The Morgan fingerprint density at radius 1 is 1.25 bits per heavy atom. The van der Waals surface area contributed by atoms with Crippen molar-refractivity contribution >= 4 is 12.6 Å². The van der Waals surface area contributed by atoms with Crippen LogP contribution in [0.25, 0.3) is 0 Å². The van der Waals surface area contributed by atoms with Crippen LogP contribution in [0.15, 0.2) is 30.3 Å². The fourth-order valence-corrected chi connectivity index (χ4v) is 2.16. The Hall–Kier alpha value is -0.470. The zero-order valence-electron chi connectivity index (χ0n) is 10.6. The first kappa shape index (κ1) is 13.6. The van der Waals surface area contributed by atoms with Gasteiger partial charge >= 0.3 is 0 Å². The van der Waals surface area contributed by atoms with Crippen molar-refractivity contribution in [3.63, 3.8) is 0 Å². The molecular formula is C14H23NS. The summed E-state index contributed by atoms with van der Waals surface area (Å²) in [6.07, 6.45) is 1.20. The van der Waals surface area contributed by atoms with Crippen molar-refractivity contribution in [3.8, 4) is 0 Å². The molecule has 0 radical (unpaired) electrons. The lowest BCUT2D eigenvalue weighted by Crippen LogP contribution is -2.33. The maximum atomic E-state index is 4.47. The summed E-state index contributed by atoms with van der Waals surface area (Å²) in [5, 5.41) is 0. The summed E-state index contributed by atoms with van der Waals surface area (Å²) in [6.45, 7) is 5.60. The van der Waals surface area contributed by atoms with E-state index in [1.165, 1.54) is 12.0 Å². The van der Waals surface area contributed by atoms with Gasteiger partial charge in [-0.25, -0.2) is 0 Å². The minimum absolute atomic E-state index is 0.531. The van der Waals surface area contributed by atoms with Crippen molar-refractivity contribution in [1.82, 2.24) is 4.90 Å². The quantitative estimate of drug-likeness (QED) is 0.742. The van der Waals surface area contributed by atoms with Crippen LogP contribution in [-0.2, 0) is 0 Å². The van der Waals surface area contributed by atoms with Crippen LogP contribution in [0, 0.1) is 0 Å². The third-order valence-electron chi connectivity index (χ3n) is 3.34. The van der Waals surface area contributed by atoms with Gasteiger partial charge < -0.3 is 4.90 Å². The third kappa shape index (κ3) is 3.84. The van der Waals surface area contributed by atoms with Gasteiger partial charge in [0.05, 0.1) is 0 Å². The number of rotatable bonds is 6. The van der Waals surface area contributed by atoms with Gasteiger partial charge in [-0.15, -0.1) is 0 Å². The molecule has 90 valence electrons. The van der Waals surface area contributed by atoms with Crippen LogP contribution < -0.4 is 0 Å². The fraction of sp³-hybridized carbons (Fsp3) is 0.571. The van der Waals surface area contributed by atoms with Gasteiger partial charge in [0.25, 0.3) is 0 Å². The number of hydrogen-bond acceptors (Lipinski definition) is 2. The summed E-state index contributed by atoms with van der Waals surface area (Å²) in [5.74, 6) is 1.44. The van der Waals surface area contributed by atoms with Crippen molar-refractivity contribution in [2.24, 2.45) is 0 Å². The van der Waals surface area contributed by atoms with Crippen molar-refractivity contribution in [3.05, 3.63) is 35.9 Å². The number of likely N-dealkylation sites (N-methyl/N-ethyl adjacent to an activating group) is 1. The molecule has 0 heterocycles. The summed E-state index contributed by atoms with van der Waals surface area (Å²) in [4.78, 5) is 2.42. The minimum atomic E-state index is 0.531. The van der Waals surface area contributed by atoms with E-state index in [0.717, 1.165) is 12.3 Å². The van der Waals surface area contributed by atoms with Crippen LogP contribution in [-0.4, -0.2) is 30.3 Å². The van der Waals surface area contributed by atoms with E-state index < -0.39 is 0 Å². The second-order valence-electron chi connectivity index (χ2n) is 4.49. The Morgan fingerprint density at radius 3 is 2.38 bits per heavy atom. The van der Waals surface area contributed by atoms with Crippen molar-refractivity contribution in [2.75, 3.05) is 19.3 Å². The molecule has 2 atom stereocenters. The highest BCUT2D eigenvalue weighted by atomic mass is 32.1. The molecule has 0 aliphatic rings. The molecule has 1 aromatic rings. The van der Waals surface area contributed by atoms with Gasteiger partial charge in [0.15, 0.2) is 0 Å². The monoisotopic (exact) mass is 237 g/mol. The van der Waals surface area contributed by atoms with E-state index in [1.54, 1.807) is 0 Å². The SMILES string of the molecule is CCC(C)N(C)CC(CS)c1ccccc1. The molecule has 2 heteroatoms. The Bertz CT molecular complexity index is 286. The molecule has 0 aromatic heterocycles. The molecular weight excluding hydrogens is 214 g/mol. The van der Waals surface area contributed by atoms with Gasteiger partial charge in [-0.3, -0.25) is 0 Å². The van der Waals surface area contributed by atoms with Crippen LogP contribution in [0.5, 0.6) is 0 Å². The van der Waals surface area contributed by atoms with Crippen molar-refractivity contribution in [2.45, 2.75) is 32.2 Å². The Balaban J connectivity index is 2.62. The lowest BCUT2D eigenvalue weighted by atomic mass is 10.00. The molecule has 1 aromatic carbocycles. The lowest BCUT2D eigenvalue weighted by Gasteiger charge is -2.28. The lowest BCUT2D eigenvalue weighted by molar-refractivity contribution is 0.241. The molecule has 0 amide bonds. The first-order valence-corrected chi connectivity index (χ1v) is 6.68. The standard InChI is InChI=1S/C14H23NS/c1-4-12(2)15(3)10-14(11-16)13-8-6-5-7-9-13/h5-9,12,14,16H,4,10-11H2,1-3H3. The van der Waals surface area contributed by atoms with E-state index in [0.29, 0.717) is 12.0 Å². The summed E-state index contributed by atoms with van der Waals surface area (Å²) < 4.78 is 0. The van der Waals surface area contributed by atoms with E-state index in [2.05, 4.69) is 68.8 Å². The molecule has 2 unspecified atom stereocenters. The second-order valence-corrected chi connectivity index (χ2v) is 4.85. The van der Waals surface area contributed by atoms with Crippen molar-refractivity contribution < 1.29 is 0 Å². The average molecular weight is 237 g/mol. The van der Waals surface area contributed by atoms with E-state index >= 15 is 0 Å². The molecule has 0 aliphatic heterocycles. The molecule has 0 fully saturated rings. The first-order valence-electron chi connectivity index (χ1n) is 6.05. The summed E-state index contributed by atoms with van der Waals surface area (Å²) in [6, 6.07) is 11.3. The first-order chi connectivity index (χ1) is 7.69. The predicted molar refractivity (Wildman–Crippen MR) is 75.4 cm³/mol. The van der Waals surface area contributed by atoms with Gasteiger partial charge in [0.2, 0.25) is 0 Å². The van der Waals surface area contributed by atoms with Gasteiger partial charge in [0.1, 0.15) is 0 Å². The summed E-state index contributed by atoms with van der Waals surface area (Å²) >= 11 is 4.47. The number of benzene rings is 1. The molecule has 16 heavy (non-hydrogen) atoms. The third-order valence-corrected chi connectivity index (χ3v) is 3.78. The zero-order valence-corrected chi connectivity index (χ0v) is 11.5. The Labute approximate surface area is 105 Å². The maximum Gasteiger partial charge on any atom is 0.00615 e. The Morgan fingerprint density at radius 2 is 1.88 bits per heavy atom. The van der Waals surface area contributed by atoms with Gasteiger partial charge in [0, 0.05) is 18.5 Å². The molecule has 0 aliphatic carbocycles. The largest absolute Gasteiger partial charge is 0.303 e. The van der Waals surface area contributed by atoms with Gasteiger partial charge in [-0.1, -0.05) is 37.3 Å². The maximum absolute atomic E-state index is 4.47. The molecule has 0 bridgehead atoms. The normalized spacial score (nSPS) is 15.1. The van der Waals surface area contributed by atoms with E-state index in [9.17, 15) is 0 Å². The van der Waals surface area contributed by atoms with E-state index in [-0.39, 0.29) is 0 Å². The highest BCUT2D eigenvalue weighted by Crippen LogP contribution is 2.19. The molecule has 0 saturated carbocycles. The van der Waals surface area contributed by atoms with Gasteiger partial charge in [-0.2, -0.15) is 12.6 Å². The second kappa shape index (κ2) is 6.97. The number of hydrogen-bond donors (Lipinski definition) is 1. The zero-order chi connectivity index (χ0) is 12.0. The summed E-state index contributed by atoms with van der Waals surface area (Å²) in [5.41, 5.74) is 1.40. The molecule has 1 rings (SSSR count). The molecule has 0 spiro atoms. The average Bonchev–Trinajstić information content (AvgIpc) is 2.35. The summed E-state index contributed by atoms with van der Waals surface area (Å²) in [7, 11) is 2.20. The highest BCUT2D eigenvalue weighted by Gasteiger charge is 2.14. The Kier molecular flexibility index (Phi) is 5.93. The highest BCUT2D eigenvalue weighted by molar-refractivity contribution is 7.80. The molecule has 1 nitrogen and oxygen atoms in total. The van der Waals surface area contributed by atoms with Crippen LogP contribution in [0.3, 0.4) is 0 Å². The van der Waals surface area contributed by atoms with Crippen LogP contribution in [0.2, 0.25) is 0 Å². The molecule has 0 saturated heterocycles. The van der Waals surface area contributed by atoms with E-state index in [1.807, 2.05) is 0 Å².